The van der Waals surface area contributed by atoms with Gasteiger partial charge in [0.05, 0.1) is 5.56 Å². The highest BCUT2D eigenvalue weighted by atomic mass is 32.1. The average molecular weight is 391 g/mol. The number of rotatable bonds is 6. The molecule has 0 aliphatic heterocycles. The zero-order chi connectivity index (χ0) is 19.3. The predicted octanol–water partition coefficient (Wildman–Crippen LogP) is 4.94. The number of benzene rings is 2. The van der Waals surface area contributed by atoms with Crippen LogP contribution < -0.4 is 10.1 Å². The van der Waals surface area contributed by atoms with E-state index in [1.807, 2.05) is 42.6 Å². The van der Waals surface area contributed by atoms with E-state index >= 15 is 0 Å². The van der Waals surface area contributed by atoms with E-state index in [0.717, 1.165) is 11.1 Å². The second-order valence-electron chi connectivity index (χ2n) is 6.15. The second kappa shape index (κ2) is 8.06. The van der Waals surface area contributed by atoms with Crippen LogP contribution in [0.1, 0.15) is 21.8 Å². The molecule has 1 amide bonds. The van der Waals surface area contributed by atoms with Gasteiger partial charge in [-0.25, -0.2) is 0 Å². The molecule has 2 aromatic carbocycles. The number of anilines is 1. The third kappa shape index (κ3) is 4.27. The summed E-state index contributed by atoms with van der Waals surface area (Å²) in [5, 5.41) is 14.6. The first kappa shape index (κ1) is 17.9. The lowest BCUT2D eigenvalue weighted by Gasteiger charge is -2.07. The standard InChI is InChI=1S/C21H17N3O3S/c1-14-5-7-15(8-6-14)21-24-23-19(27-21)12-26-18-4-2-3-17(11-18)22-20(25)16-9-10-28-13-16/h2-11,13H,12H2,1H3,(H,22,25). The van der Waals surface area contributed by atoms with E-state index in [1.165, 1.54) is 11.3 Å². The third-order valence-corrected chi connectivity index (χ3v) is 4.69. The van der Waals surface area contributed by atoms with Gasteiger partial charge in [-0.3, -0.25) is 4.79 Å². The summed E-state index contributed by atoms with van der Waals surface area (Å²) in [6, 6.07) is 16.8. The molecule has 1 N–H and O–H groups in total. The predicted molar refractivity (Wildman–Crippen MR) is 108 cm³/mol. The van der Waals surface area contributed by atoms with Crippen LogP contribution in [0.5, 0.6) is 5.75 Å². The Balaban J connectivity index is 1.39. The van der Waals surface area contributed by atoms with Crippen molar-refractivity contribution in [2.45, 2.75) is 13.5 Å². The lowest BCUT2D eigenvalue weighted by atomic mass is 10.1. The molecule has 6 nitrogen and oxygen atoms in total. The minimum atomic E-state index is -0.155. The Labute approximate surface area is 165 Å². The van der Waals surface area contributed by atoms with Crippen LogP contribution in [0.15, 0.2) is 69.8 Å². The van der Waals surface area contributed by atoms with E-state index in [4.69, 9.17) is 9.15 Å². The topological polar surface area (TPSA) is 77.3 Å². The molecule has 0 aliphatic rings. The fourth-order valence-electron chi connectivity index (χ4n) is 2.53. The molecule has 140 valence electrons. The van der Waals surface area contributed by atoms with E-state index in [9.17, 15) is 4.79 Å². The minimum absolute atomic E-state index is 0.140. The summed E-state index contributed by atoms with van der Waals surface area (Å²) in [5.41, 5.74) is 3.31. The maximum atomic E-state index is 12.1. The lowest BCUT2D eigenvalue weighted by Crippen LogP contribution is -2.10. The summed E-state index contributed by atoms with van der Waals surface area (Å²) in [6.45, 7) is 2.16. The molecule has 4 aromatic rings. The Hall–Kier alpha value is -3.45. The Morgan fingerprint density at radius 1 is 1.14 bits per heavy atom. The Morgan fingerprint density at radius 3 is 2.79 bits per heavy atom. The van der Waals surface area contributed by atoms with Crippen molar-refractivity contribution in [3.05, 3.63) is 82.4 Å². The van der Waals surface area contributed by atoms with Crippen molar-refractivity contribution in [1.82, 2.24) is 10.2 Å². The maximum absolute atomic E-state index is 12.1. The smallest absolute Gasteiger partial charge is 0.256 e. The van der Waals surface area contributed by atoms with Gasteiger partial charge >= 0.3 is 0 Å². The van der Waals surface area contributed by atoms with Crippen LogP contribution in [-0.4, -0.2) is 16.1 Å². The molecule has 0 saturated heterocycles. The van der Waals surface area contributed by atoms with Crippen LogP contribution in [0, 0.1) is 6.92 Å². The number of carbonyl (C=O) groups excluding carboxylic acids is 1. The van der Waals surface area contributed by atoms with Gasteiger partial charge in [-0.05, 0) is 42.6 Å². The summed E-state index contributed by atoms with van der Waals surface area (Å²) in [5.74, 6) is 1.27. The van der Waals surface area contributed by atoms with Crippen LogP contribution in [0.25, 0.3) is 11.5 Å². The van der Waals surface area contributed by atoms with E-state index in [0.29, 0.717) is 28.8 Å². The van der Waals surface area contributed by atoms with Crippen molar-refractivity contribution in [2.75, 3.05) is 5.32 Å². The highest BCUT2D eigenvalue weighted by Crippen LogP contribution is 2.21. The molecule has 0 aliphatic carbocycles. The largest absolute Gasteiger partial charge is 0.484 e. The molecule has 0 fully saturated rings. The van der Waals surface area contributed by atoms with Crippen molar-refractivity contribution in [1.29, 1.82) is 0 Å². The first-order chi connectivity index (χ1) is 13.7. The van der Waals surface area contributed by atoms with Gasteiger partial charge in [0.25, 0.3) is 11.8 Å². The van der Waals surface area contributed by atoms with Gasteiger partial charge in [0.15, 0.2) is 6.61 Å². The van der Waals surface area contributed by atoms with Crippen LogP contribution in [0.2, 0.25) is 0 Å². The summed E-state index contributed by atoms with van der Waals surface area (Å²) in [4.78, 5) is 12.1. The van der Waals surface area contributed by atoms with Crippen LogP contribution in [0.3, 0.4) is 0 Å². The first-order valence-electron chi connectivity index (χ1n) is 8.63. The van der Waals surface area contributed by atoms with Gasteiger partial charge < -0.3 is 14.5 Å². The van der Waals surface area contributed by atoms with Crippen LogP contribution in [0.4, 0.5) is 5.69 Å². The van der Waals surface area contributed by atoms with Gasteiger partial charge in [-0.15, -0.1) is 10.2 Å². The Bertz CT molecular complexity index is 1070. The van der Waals surface area contributed by atoms with Crippen molar-refractivity contribution >= 4 is 22.9 Å². The second-order valence-corrected chi connectivity index (χ2v) is 6.93. The molecule has 7 heteroatoms. The molecule has 2 heterocycles. The minimum Gasteiger partial charge on any atom is -0.484 e. The zero-order valence-corrected chi connectivity index (χ0v) is 15.9. The number of aromatic nitrogens is 2. The molecular weight excluding hydrogens is 374 g/mol. The number of amides is 1. The van der Waals surface area contributed by atoms with Gasteiger partial charge in [0, 0.05) is 22.7 Å². The fourth-order valence-corrected chi connectivity index (χ4v) is 3.17. The van der Waals surface area contributed by atoms with Gasteiger partial charge in [-0.1, -0.05) is 23.8 Å². The number of ether oxygens (including phenoxy) is 1. The van der Waals surface area contributed by atoms with Gasteiger partial charge in [0.1, 0.15) is 5.75 Å². The Kier molecular flexibility index (Phi) is 5.16. The number of aryl methyl sites for hydroxylation is 1. The molecule has 0 radical (unpaired) electrons. The quantitative estimate of drug-likeness (QED) is 0.504. The lowest BCUT2D eigenvalue weighted by molar-refractivity contribution is 0.102. The average Bonchev–Trinajstić information content (AvgIpc) is 3.40. The molecular formula is C21H17N3O3S. The van der Waals surface area contributed by atoms with Crippen molar-refractivity contribution in [3.8, 4) is 17.2 Å². The van der Waals surface area contributed by atoms with Crippen molar-refractivity contribution in [3.63, 3.8) is 0 Å². The van der Waals surface area contributed by atoms with E-state index in [2.05, 4.69) is 15.5 Å². The summed E-state index contributed by atoms with van der Waals surface area (Å²) >= 11 is 1.48. The first-order valence-corrected chi connectivity index (χ1v) is 9.57. The van der Waals surface area contributed by atoms with Crippen LogP contribution in [-0.2, 0) is 6.61 Å². The van der Waals surface area contributed by atoms with E-state index in [1.54, 1.807) is 29.6 Å². The molecule has 28 heavy (non-hydrogen) atoms. The highest BCUT2D eigenvalue weighted by molar-refractivity contribution is 7.08. The van der Waals surface area contributed by atoms with Gasteiger partial charge in [-0.2, -0.15) is 11.3 Å². The molecule has 0 saturated carbocycles. The van der Waals surface area contributed by atoms with Gasteiger partial charge in [0.2, 0.25) is 5.89 Å². The number of nitrogens with one attached hydrogen (secondary N) is 1. The number of nitrogens with zero attached hydrogens (tertiary/aromatic N) is 2. The summed E-state index contributed by atoms with van der Waals surface area (Å²) in [6.07, 6.45) is 0. The normalized spacial score (nSPS) is 10.6. The summed E-state index contributed by atoms with van der Waals surface area (Å²) < 4.78 is 11.4. The Morgan fingerprint density at radius 2 is 2.00 bits per heavy atom. The molecule has 4 rings (SSSR count). The molecule has 2 aromatic heterocycles. The van der Waals surface area contributed by atoms with Crippen molar-refractivity contribution < 1.29 is 13.9 Å². The SMILES string of the molecule is Cc1ccc(-c2nnc(COc3cccc(NC(=O)c4ccsc4)c3)o2)cc1. The number of thiophene rings is 1. The van der Waals surface area contributed by atoms with E-state index in [-0.39, 0.29) is 12.5 Å². The number of hydrogen-bond acceptors (Lipinski definition) is 6. The molecule has 0 unspecified atom stereocenters. The third-order valence-electron chi connectivity index (χ3n) is 4.00. The fraction of sp³-hybridized carbons (Fsp3) is 0.0952. The van der Waals surface area contributed by atoms with Crippen LogP contribution >= 0.6 is 11.3 Å². The van der Waals surface area contributed by atoms with E-state index < -0.39 is 0 Å². The molecule has 0 atom stereocenters. The maximum Gasteiger partial charge on any atom is 0.256 e. The zero-order valence-electron chi connectivity index (χ0n) is 15.1. The monoisotopic (exact) mass is 391 g/mol. The molecule has 0 spiro atoms. The number of carbonyl (C=O) groups is 1. The number of hydrogen-bond donors (Lipinski definition) is 1. The van der Waals surface area contributed by atoms with Crippen molar-refractivity contribution in [2.24, 2.45) is 0 Å². The highest BCUT2D eigenvalue weighted by Gasteiger charge is 2.10. The summed E-state index contributed by atoms with van der Waals surface area (Å²) in [7, 11) is 0. The molecule has 0 bridgehead atoms.